The van der Waals surface area contributed by atoms with Crippen LogP contribution >= 0.6 is 22.6 Å². The van der Waals surface area contributed by atoms with Gasteiger partial charge in [0.1, 0.15) is 68.5 Å². The Morgan fingerprint density at radius 2 is 0.840 bits per heavy atom. The highest BCUT2D eigenvalue weighted by Gasteiger charge is 2.63. The van der Waals surface area contributed by atoms with E-state index >= 15 is 0 Å². The van der Waals surface area contributed by atoms with Crippen LogP contribution in [0.4, 0.5) is 0 Å². The number of carbonyl (C=O) groups excluding carboxylic acids is 9. The van der Waals surface area contributed by atoms with Crippen molar-refractivity contribution < 1.29 is 104 Å². The van der Waals surface area contributed by atoms with Crippen molar-refractivity contribution in [2.75, 3.05) is 0 Å². The average molecular weight is 1400 g/mol. The summed E-state index contributed by atoms with van der Waals surface area (Å²) in [5.74, 6) is -10.9. The molecular formula is C69H66IN3O21. The minimum Gasteiger partial charge on any atom is -0.508 e. The molecule has 0 heterocycles. The van der Waals surface area contributed by atoms with Crippen molar-refractivity contribution in [1.29, 1.82) is 0 Å². The van der Waals surface area contributed by atoms with Crippen molar-refractivity contribution in [1.82, 2.24) is 0 Å². The number of fused-ring (bicyclic) bond motifs is 9. The maximum Gasteiger partial charge on any atom is 0.255 e. The van der Waals surface area contributed by atoms with Crippen LogP contribution in [0.25, 0.3) is 23.4 Å². The number of aliphatic hydroxyl groups excluding tert-OH is 6. The Hall–Kier alpha value is -10.1. The van der Waals surface area contributed by atoms with Gasteiger partial charge in [-0.15, -0.1) is 24.8 Å². The second-order valence-corrected chi connectivity index (χ2v) is 24.9. The van der Waals surface area contributed by atoms with E-state index in [4.69, 9.17) is 17.2 Å². The lowest BCUT2D eigenvalue weighted by Crippen LogP contribution is -2.58. The second-order valence-electron chi connectivity index (χ2n) is 23.7. The lowest BCUT2D eigenvalue weighted by molar-refractivity contribution is -0.149. The van der Waals surface area contributed by atoms with E-state index in [1.807, 2.05) is 26.0 Å². The predicted molar refractivity (Wildman–Crippen MR) is 345 cm³/mol. The molecule has 94 heavy (non-hydrogen) atoms. The molecule has 25 heteroatoms. The van der Waals surface area contributed by atoms with Crippen LogP contribution in [0.5, 0.6) is 17.2 Å². The van der Waals surface area contributed by atoms with E-state index in [0.717, 1.165) is 9.13 Å². The van der Waals surface area contributed by atoms with Gasteiger partial charge in [-0.2, -0.15) is 0 Å². The molecule has 0 aromatic heterocycles. The molecule has 18 N–H and O–H groups in total. The summed E-state index contributed by atoms with van der Waals surface area (Å²) in [5, 5.41) is 128. The number of aromatic hydroxyl groups is 3. The van der Waals surface area contributed by atoms with Crippen LogP contribution in [0.3, 0.4) is 0 Å². The highest BCUT2D eigenvalue weighted by molar-refractivity contribution is 14.1. The number of rotatable bonds is 4. The van der Waals surface area contributed by atoms with Crippen molar-refractivity contribution in [2.45, 2.75) is 102 Å². The van der Waals surface area contributed by atoms with Gasteiger partial charge in [0.25, 0.3) is 17.7 Å². The molecule has 3 amide bonds. The van der Waals surface area contributed by atoms with Gasteiger partial charge in [-0.05, 0) is 159 Å². The molecule has 3 saturated carbocycles. The highest BCUT2D eigenvalue weighted by Crippen LogP contribution is 2.56. The van der Waals surface area contributed by atoms with Crippen LogP contribution in [0, 0.1) is 63.3 Å². The van der Waals surface area contributed by atoms with Gasteiger partial charge in [-0.1, -0.05) is 30.2 Å². The van der Waals surface area contributed by atoms with E-state index in [1.165, 1.54) is 18.2 Å². The number of phenols is 3. The SMILES string of the molecule is C#CC.C/C=C\c1ccc(O)c2c1CC1CC3CC(=O)C(C(N)=O)=C(O)[C@@]3(O)C(=O)C1=C2O.C=CC.CC#Cc1ccc(O)c2c1CC1CC3CC(=O)C(C(N)=O)=C(O)[C@@]3(O)C(=O)C1=C2O.NC(=O)C1=C(O)[C@@]2(O)C(=O)C3=C(O)c4c(O)ccc(I)c4CC3CC2CC1=O. The number of phenolic OH excluding ortho intramolecular Hbond substituents is 3. The molecule has 6 unspecified atom stereocenters. The zero-order chi connectivity index (χ0) is 69.9. The summed E-state index contributed by atoms with van der Waals surface area (Å²) in [6.45, 7) is 10.4. The minimum atomic E-state index is -2.55. The first-order chi connectivity index (χ1) is 44.2. The molecule has 0 radical (unpaired) electrons. The zero-order valence-corrected chi connectivity index (χ0v) is 53.1. The van der Waals surface area contributed by atoms with Crippen LogP contribution in [0.15, 0.2) is 106 Å². The second kappa shape index (κ2) is 26.1. The largest absolute Gasteiger partial charge is 0.508 e. The molecule has 3 aromatic rings. The van der Waals surface area contributed by atoms with Gasteiger partial charge < -0.3 is 78.5 Å². The third-order valence-corrected chi connectivity index (χ3v) is 19.4. The fraction of sp³-hybridized carbons (Fsp3) is 0.319. The summed E-state index contributed by atoms with van der Waals surface area (Å²) in [5.41, 5.74) is 8.50. The molecular weight excluding hydrogens is 1330 g/mol. The predicted octanol–water partition coefficient (Wildman–Crippen LogP) is 5.11. The standard InChI is InChI=1S/C22H21NO7.C22H19NO7.C19H16INO7.C3H6.C3H4/c2*1-2-3-9-4-5-13(24)16-12(9)7-10-6-11-8-14(25)17(21(23)29)20(28)22(11,30)19(27)15(10)18(16)26;20-9-1-2-10(22)13-8(9)4-6-3-7-5-11(23)14(18(21)27)17(26)19(7,28)16(25)12(6)15(13)24;2*1-3-2/h2-5,10-11,24,26,28,30H,6-8H2,1H3,(H2,23,29);4-5,10-11,24,26,28,30H,6-8H2,1H3,(H2,23,29);1-2,6-7,22,24,26,28H,3-5H2,(H2,21,27);3H,1H2,2H3;1H,2H3/b3-2-;;;;/t2*10?,11?,22-;6?,7?,19-;;/m000../s1. The van der Waals surface area contributed by atoms with Gasteiger partial charge in [-0.25, -0.2) is 0 Å². The molecule has 3 fully saturated rings. The van der Waals surface area contributed by atoms with Gasteiger partial charge in [0.05, 0.1) is 16.7 Å². The van der Waals surface area contributed by atoms with Crippen LogP contribution in [-0.2, 0) is 62.4 Å². The van der Waals surface area contributed by atoms with Crippen LogP contribution < -0.4 is 17.2 Å². The van der Waals surface area contributed by atoms with Gasteiger partial charge >= 0.3 is 0 Å². The van der Waals surface area contributed by atoms with Crippen LogP contribution in [0.2, 0.25) is 0 Å². The Morgan fingerprint density at radius 3 is 1.18 bits per heavy atom. The molecule has 3 aromatic carbocycles. The summed E-state index contributed by atoms with van der Waals surface area (Å²) < 4.78 is 0.794. The van der Waals surface area contributed by atoms with Gasteiger partial charge in [0.15, 0.2) is 34.2 Å². The quantitative estimate of drug-likeness (QED) is 0.0698. The molecule has 9 atom stereocenters. The Labute approximate surface area is 550 Å². The number of halogens is 1. The number of benzene rings is 3. The molecule has 9 aliphatic carbocycles. The van der Waals surface area contributed by atoms with Gasteiger partial charge in [0, 0.05) is 62.9 Å². The molecule has 0 bridgehead atoms. The van der Waals surface area contributed by atoms with Crippen molar-refractivity contribution >= 4 is 98.4 Å². The van der Waals surface area contributed by atoms with Gasteiger partial charge in [-0.3, -0.25) is 43.2 Å². The minimum absolute atomic E-state index is 0.0439. The number of primary amides is 3. The third-order valence-electron chi connectivity index (χ3n) is 18.4. The van der Waals surface area contributed by atoms with E-state index in [0.29, 0.717) is 35.1 Å². The van der Waals surface area contributed by atoms with Crippen molar-refractivity contribution in [3.63, 3.8) is 0 Å². The molecule has 9 aliphatic rings. The Kier molecular flexibility index (Phi) is 19.4. The fourth-order valence-electron chi connectivity index (χ4n) is 14.4. The number of Topliss-reactive ketones (excluding diaryl/α,β-unsaturated/α-hetero) is 6. The number of nitrogens with two attached hydrogens (primary N) is 3. The molecule has 24 nitrogen and oxygen atoms in total. The number of hydrogen-bond acceptors (Lipinski definition) is 21. The van der Waals surface area contributed by atoms with E-state index in [2.05, 4.69) is 53.4 Å². The number of aliphatic hydroxyl groups is 9. The molecule has 490 valence electrons. The number of amides is 3. The number of carbonyl (C=O) groups is 9. The summed E-state index contributed by atoms with van der Waals surface area (Å²) in [6, 6.07) is 9.14. The smallest absolute Gasteiger partial charge is 0.255 e. The molecule has 0 saturated heterocycles. The molecule has 12 rings (SSSR count). The lowest BCUT2D eigenvalue weighted by Gasteiger charge is -2.46. The number of hydrogen-bond donors (Lipinski definition) is 15. The zero-order valence-electron chi connectivity index (χ0n) is 51.0. The lowest BCUT2D eigenvalue weighted by atomic mass is 9.59. The van der Waals surface area contributed by atoms with Gasteiger partial charge in [0.2, 0.25) is 17.3 Å². The maximum absolute atomic E-state index is 13.3. The molecule has 0 aliphatic heterocycles. The number of allylic oxidation sites excluding steroid dienone is 2. The van der Waals surface area contributed by atoms with Crippen LogP contribution in [-0.4, -0.2) is 131 Å². The van der Waals surface area contributed by atoms with Crippen molar-refractivity contribution in [3.05, 3.63) is 154 Å². The Morgan fingerprint density at radius 1 is 0.532 bits per heavy atom. The summed E-state index contributed by atoms with van der Waals surface area (Å²) in [4.78, 5) is 111. The van der Waals surface area contributed by atoms with E-state index in [1.54, 1.807) is 38.1 Å². The normalized spacial score (nSPS) is 26.9. The topological polar surface area (TPSA) is 474 Å². The third kappa shape index (κ3) is 11.0. The first-order valence-corrected chi connectivity index (χ1v) is 30.4. The maximum atomic E-state index is 13.3. The summed E-state index contributed by atoms with van der Waals surface area (Å²) in [7, 11) is 0. The van der Waals surface area contributed by atoms with E-state index in [9.17, 15) is 104 Å². The Balaban J connectivity index is 0.000000173. The first-order valence-electron chi connectivity index (χ1n) is 29.3. The number of terminal acetylenes is 1. The van der Waals surface area contributed by atoms with Crippen molar-refractivity contribution in [3.8, 4) is 41.4 Å². The highest BCUT2D eigenvalue weighted by atomic mass is 127. The van der Waals surface area contributed by atoms with E-state index in [-0.39, 0.29) is 95.6 Å². The van der Waals surface area contributed by atoms with Crippen molar-refractivity contribution in [2.24, 2.45) is 52.7 Å². The average Bonchev–Trinajstić information content (AvgIpc) is 0.725. The van der Waals surface area contributed by atoms with E-state index < -0.39 is 156 Å². The fourth-order valence-corrected chi connectivity index (χ4v) is 15.1. The van der Waals surface area contributed by atoms with Crippen LogP contribution in [0.1, 0.15) is 111 Å². The summed E-state index contributed by atoms with van der Waals surface area (Å²) in [6.07, 6.45) is 10.2. The summed E-state index contributed by atoms with van der Waals surface area (Å²) >= 11 is 2.06. The number of ketones is 6. The Bertz CT molecular complexity index is 4310. The first kappa shape index (κ1) is 69.8. The molecule has 0 spiro atoms. The monoisotopic (exact) mass is 1400 g/mol.